The fourth-order valence-electron chi connectivity index (χ4n) is 3.27. The van der Waals surface area contributed by atoms with Crippen molar-refractivity contribution in [3.05, 3.63) is 63.1 Å². The third kappa shape index (κ3) is 7.45. The highest BCUT2D eigenvalue weighted by Crippen LogP contribution is 2.28. The Morgan fingerprint density at radius 3 is 2.45 bits per heavy atom. The molecule has 0 aliphatic heterocycles. The number of carbonyl (C=O) groups excluding carboxylic acids is 2. The first-order valence-corrected chi connectivity index (χ1v) is 13.5. The molecule has 0 aliphatic carbocycles. The summed E-state index contributed by atoms with van der Waals surface area (Å²) in [5, 5.41) is 3.20. The zero-order chi connectivity index (χ0) is 24.8. The molecule has 2 rings (SSSR count). The van der Waals surface area contributed by atoms with Gasteiger partial charge < -0.3 is 10.2 Å². The largest absolute Gasteiger partial charge is 0.354 e. The lowest BCUT2D eigenvalue weighted by Crippen LogP contribution is -2.51. The topological polar surface area (TPSA) is 86.8 Å². The van der Waals surface area contributed by atoms with E-state index < -0.39 is 28.5 Å². The van der Waals surface area contributed by atoms with Crippen molar-refractivity contribution < 1.29 is 18.0 Å². The van der Waals surface area contributed by atoms with Gasteiger partial charge in [-0.25, -0.2) is 8.42 Å². The lowest BCUT2D eigenvalue weighted by Gasteiger charge is -2.32. The molecule has 7 nitrogen and oxygen atoms in total. The number of carbonyl (C=O) groups is 2. The van der Waals surface area contributed by atoms with Crippen molar-refractivity contribution in [2.24, 2.45) is 0 Å². The Hall–Kier alpha value is -2.10. The summed E-state index contributed by atoms with van der Waals surface area (Å²) in [5.41, 5.74) is 1.67. The summed E-state index contributed by atoms with van der Waals surface area (Å²) in [4.78, 5) is 27.6. The first-order valence-electron chi connectivity index (χ1n) is 10.5. The van der Waals surface area contributed by atoms with Crippen molar-refractivity contribution in [1.29, 1.82) is 0 Å². The van der Waals surface area contributed by atoms with Crippen molar-refractivity contribution in [2.75, 3.05) is 23.7 Å². The van der Waals surface area contributed by atoms with Crippen LogP contribution in [0.2, 0.25) is 5.02 Å². The molecule has 2 aromatic carbocycles. The van der Waals surface area contributed by atoms with Gasteiger partial charge in [0.05, 0.1) is 11.9 Å². The number of nitrogens with one attached hydrogen (secondary N) is 1. The van der Waals surface area contributed by atoms with Gasteiger partial charge in [0.1, 0.15) is 12.6 Å². The second kappa shape index (κ2) is 11.9. The second-order valence-corrected chi connectivity index (χ2v) is 11.0. The molecule has 0 radical (unpaired) electrons. The molecule has 0 fully saturated rings. The van der Waals surface area contributed by atoms with Crippen LogP contribution < -0.4 is 9.62 Å². The standard InChI is InChI=1S/C23H29BrClN3O4S/c1-5-12-26-23(30)17(3)27(14-18-8-6-9-19(24)13-18)22(29)15-28(33(4,31)32)21-11-7-10-20(25)16(21)2/h6-11,13,17H,5,12,14-15H2,1-4H3,(H,26,30)/t17-/m1/s1. The van der Waals surface area contributed by atoms with Crippen LogP contribution in [-0.2, 0) is 26.2 Å². The summed E-state index contributed by atoms with van der Waals surface area (Å²) in [5.74, 6) is -0.802. The zero-order valence-electron chi connectivity index (χ0n) is 19.1. The van der Waals surface area contributed by atoms with E-state index in [1.807, 2.05) is 31.2 Å². The molecule has 0 heterocycles. The van der Waals surface area contributed by atoms with Crippen molar-refractivity contribution in [3.8, 4) is 0 Å². The van der Waals surface area contributed by atoms with Crippen LogP contribution in [0, 0.1) is 6.92 Å². The Bertz CT molecular complexity index is 1110. The number of hydrogen-bond acceptors (Lipinski definition) is 4. The summed E-state index contributed by atoms with van der Waals surface area (Å²) in [6.45, 7) is 5.44. The van der Waals surface area contributed by atoms with Crippen LogP contribution >= 0.6 is 27.5 Å². The Morgan fingerprint density at radius 1 is 1.18 bits per heavy atom. The summed E-state index contributed by atoms with van der Waals surface area (Å²) in [6, 6.07) is 11.5. The third-order valence-corrected chi connectivity index (χ3v) is 7.17. The average molecular weight is 559 g/mol. The van der Waals surface area contributed by atoms with Gasteiger partial charge in [-0.05, 0) is 55.7 Å². The number of benzene rings is 2. The Morgan fingerprint density at radius 2 is 1.85 bits per heavy atom. The maximum Gasteiger partial charge on any atom is 0.244 e. The van der Waals surface area contributed by atoms with Gasteiger partial charge in [0, 0.05) is 22.6 Å². The molecule has 33 heavy (non-hydrogen) atoms. The minimum Gasteiger partial charge on any atom is -0.354 e. The highest BCUT2D eigenvalue weighted by molar-refractivity contribution is 9.10. The molecule has 2 amide bonds. The first-order chi connectivity index (χ1) is 15.5. The molecule has 1 N–H and O–H groups in total. The van der Waals surface area contributed by atoms with Crippen LogP contribution in [0.5, 0.6) is 0 Å². The number of amides is 2. The lowest BCUT2D eigenvalue weighted by atomic mass is 10.1. The smallest absolute Gasteiger partial charge is 0.244 e. The van der Waals surface area contributed by atoms with Crippen molar-refractivity contribution >= 4 is 55.1 Å². The van der Waals surface area contributed by atoms with Gasteiger partial charge in [0.2, 0.25) is 21.8 Å². The number of halogens is 2. The molecule has 1 atom stereocenters. The molecule has 0 aliphatic rings. The van der Waals surface area contributed by atoms with Gasteiger partial charge >= 0.3 is 0 Å². The van der Waals surface area contributed by atoms with Gasteiger partial charge in [-0.15, -0.1) is 0 Å². The molecule has 180 valence electrons. The van der Waals surface area contributed by atoms with Gasteiger partial charge in [0.15, 0.2) is 0 Å². The summed E-state index contributed by atoms with van der Waals surface area (Å²) in [7, 11) is -3.81. The molecule has 2 aromatic rings. The maximum atomic E-state index is 13.5. The number of sulfonamides is 1. The predicted molar refractivity (Wildman–Crippen MR) is 136 cm³/mol. The van der Waals surface area contributed by atoms with Crippen molar-refractivity contribution in [1.82, 2.24) is 10.2 Å². The second-order valence-electron chi connectivity index (χ2n) is 7.77. The van der Waals surface area contributed by atoms with Gasteiger partial charge in [0.25, 0.3) is 0 Å². The Balaban J connectivity index is 2.42. The monoisotopic (exact) mass is 557 g/mol. The highest BCUT2D eigenvalue weighted by atomic mass is 79.9. The van der Waals surface area contributed by atoms with Gasteiger partial charge in [-0.1, -0.05) is 52.7 Å². The fourth-order valence-corrected chi connectivity index (χ4v) is 4.79. The predicted octanol–water partition coefficient (Wildman–Crippen LogP) is 4.12. The minimum atomic E-state index is -3.81. The van der Waals surface area contributed by atoms with Crippen LogP contribution in [0.3, 0.4) is 0 Å². The molecule has 0 saturated carbocycles. The molecule has 0 spiro atoms. The van der Waals surface area contributed by atoms with E-state index in [0.717, 1.165) is 27.0 Å². The molecule has 10 heteroatoms. The zero-order valence-corrected chi connectivity index (χ0v) is 22.3. The normalized spacial score (nSPS) is 12.2. The SMILES string of the molecule is CCCNC(=O)[C@@H](C)N(Cc1cccc(Br)c1)C(=O)CN(c1cccc(Cl)c1C)S(C)(=O)=O. The van der Waals surface area contributed by atoms with Crippen molar-refractivity contribution in [3.63, 3.8) is 0 Å². The van der Waals surface area contributed by atoms with E-state index in [0.29, 0.717) is 22.8 Å². The van der Waals surface area contributed by atoms with E-state index >= 15 is 0 Å². The summed E-state index contributed by atoms with van der Waals surface area (Å²) in [6.07, 6.45) is 1.80. The van der Waals surface area contributed by atoms with Gasteiger partial charge in [-0.3, -0.25) is 13.9 Å². The number of hydrogen-bond donors (Lipinski definition) is 1. The van der Waals surface area contributed by atoms with Crippen LogP contribution in [0.4, 0.5) is 5.69 Å². The van der Waals surface area contributed by atoms with E-state index in [4.69, 9.17) is 11.6 Å². The van der Waals surface area contributed by atoms with Crippen LogP contribution in [0.25, 0.3) is 0 Å². The minimum absolute atomic E-state index is 0.144. The number of anilines is 1. The molecule has 0 aromatic heterocycles. The quantitative estimate of drug-likeness (QED) is 0.475. The third-order valence-electron chi connectivity index (χ3n) is 5.15. The maximum absolute atomic E-state index is 13.5. The van der Waals surface area contributed by atoms with E-state index in [1.54, 1.807) is 32.0 Å². The molecule has 0 bridgehead atoms. The van der Waals surface area contributed by atoms with E-state index in [1.165, 1.54) is 4.90 Å². The summed E-state index contributed by atoms with van der Waals surface area (Å²) < 4.78 is 27.1. The van der Waals surface area contributed by atoms with Gasteiger partial charge in [-0.2, -0.15) is 0 Å². The summed E-state index contributed by atoms with van der Waals surface area (Å²) >= 11 is 9.61. The lowest BCUT2D eigenvalue weighted by molar-refractivity contribution is -0.139. The molecule has 0 unspecified atom stereocenters. The van der Waals surface area contributed by atoms with E-state index in [9.17, 15) is 18.0 Å². The van der Waals surface area contributed by atoms with Crippen LogP contribution in [-0.4, -0.2) is 50.5 Å². The fraction of sp³-hybridized carbons (Fsp3) is 0.391. The van der Waals surface area contributed by atoms with Crippen molar-refractivity contribution in [2.45, 2.75) is 39.8 Å². The number of nitrogens with zero attached hydrogens (tertiary/aromatic N) is 2. The molecular weight excluding hydrogens is 530 g/mol. The van der Waals surface area contributed by atoms with Crippen LogP contribution in [0.15, 0.2) is 46.9 Å². The average Bonchev–Trinajstić information content (AvgIpc) is 2.75. The first kappa shape index (κ1) is 27.1. The molecular formula is C23H29BrClN3O4S. The molecule has 0 saturated heterocycles. The van der Waals surface area contributed by atoms with Crippen LogP contribution in [0.1, 0.15) is 31.4 Å². The van der Waals surface area contributed by atoms with E-state index in [-0.39, 0.29) is 12.5 Å². The Kier molecular flexibility index (Phi) is 9.75. The van der Waals surface area contributed by atoms with E-state index in [2.05, 4.69) is 21.2 Å². The number of rotatable bonds is 10. The highest BCUT2D eigenvalue weighted by Gasteiger charge is 2.30. The Labute approximate surface area is 209 Å².